The topological polar surface area (TPSA) is 25.2 Å². The Balaban J connectivity index is 2.00. The average Bonchev–Trinajstić information content (AvgIpc) is 2.70. The smallest absolute Gasteiger partial charge is 0.105 e. The van der Waals surface area contributed by atoms with Gasteiger partial charge in [-0.15, -0.1) is 0 Å². The zero-order valence-electron chi connectivity index (χ0n) is 10.8. The van der Waals surface area contributed by atoms with E-state index in [4.69, 9.17) is 4.42 Å². The van der Waals surface area contributed by atoms with Gasteiger partial charge in [-0.2, -0.15) is 0 Å². The summed E-state index contributed by atoms with van der Waals surface area (Å²) in [4.78, 5) is 0. The lowest BCUT2D eigenvalue weighted by Gasteiger charge is -2.13. The summed E-state index contributed by atoms with van der Waals surface area (Å²) in [7, 11) is 0. The maximum atomic E-state index is 5.29. The molecule has 0 fully saturated rings. The first kappa shape index (κ1) is 13.3. The van der Waals surface area contributed by atoms with Gasteiger partial charge in [0.25, 0.3) is 0 Å². The summed E-state index contributed by atoms with van der Waals surface area (Å²) < 4.78 is 5.29. The van der Waals surface area contributed by atoms with Crippen LogP contribution in [0, 0.1) is 5.92 Å². The van der Waals surface area contributed by atoms with E-state index >= 15 is 0 Å². The SMILES string of the molecule is CC(C)CCCC(C)NCCc1ccco1. The van der Waals surface area contributed by atoms with E-state index in [-0.39, 0.29) is 0 Å². The second-order valence-corrected chi connectivity index (χ2v) is 5.01. The third kappa shape index (κ3) is 5.96. The highest BCUT2D eigenvalue weighted by Crippen LogP contribution is 2.08. The molecule has 0 aliphatic carbocycles. The van der Waals surface area contributed by atoms with Crippen molar-refractivity contribution < 1.29 is 4.42 Å². The first-order valence-electron chi connectivity index (χ1n) is 6.44. The Kier molecular flexibility index (Phi) is 6.24. The largest absolute Gasteiger partial charge is 0.469 e. The van der Waals surface area contributed by atoms with Gasteiger partial charge in [0.2, 0.25) is 0 Å². The molecule has 0 radical (unpaired) electrons. The van der Waals surface area contributed by atoms with Crippen molar-refractivity contribution in [2.24, 2.45) is 5.92 Å². The Labute approximate surface area is 99.4 Å². The van der Waals surface area contributed by atoms with Crippen molar-refractivity contribution >= 4 is 0 Å². The highest BCUT2D eigenvalue weighted by atomic mass is 16.3. The molecule has 1 heterocycles. The van der Waals surface area contributed by atoms with Gasteiger partial charge >= 0.3 is 0 Å². The second-order valence-electron chi connectivity index (χ2n) is 5.01. The highest BCUT2D eigenvalue weighted by Gasteiger charge is 2.02. The zero-order chi connectivity index (χ0) is 11.8. The second kappa shape index (κ2) is 7.50. The lowest BCUT2D eigenvalue weighted by Crippen LogP contribution is -2.28. The molecule has 0 spiro atoms. The number of nitrogens with one attached hydrogen (secondary N) is 1. The molecule has 0 aliphatic heterocycles. The van der Waals surface area contributed by atoms with E-state index in [1.807, 2.05) is 12.1 Å². The van der Waals surface area contributed by atoms with Crippen molar-refractivity contribution in [1.29, 1.82) is 0 Å². The minimum atomic E-state index is 0.619. The molecule has 0 amide bonds. The van der Waals surface area contributed by atoms with Gasteiger partial charge in [-0.25, -0.2) is 0 Å². The molecule has 1 N–H and O–H groups in total. The van der Waals surface area contributed by atoms with E-state index in [9.17, 15) is 0 Å². The third-order valence-electron chi connectivity index (χ3n) is 2.86. The maximum absolute atomic E-state index is 5.29. The van der Waals surface area contributed by atoms with Crippen LogP contribution in [0.1, 0.15) is 45.8 Å². The van der Waals surface area contributed by atoms with Crippen LogP contribution in [0.3, 0.4) is 0 Å². The predicted molar refractivity (Wildman–Crippen MR) is 68.6 cm³/mol. The van der Waals surface area contributed by atoms with Crippen LogP contribution < -0.4 is 5.32 Å². The Bertz CT molecular complexity index is 254. The first-order chi connectivity index (χ1) is 7.68. The van der Waals surface area contributed by atoms with Crippen LogP contribution in [0.15, 0.2) is 22.8 Å². The Morgan fingerprint density at radius 1 is 1.25 bits per heavy atom. The molecule has 2 heteroatoms. The Morgan fingerprint density at radius 3 is 2.69 bits per heavy atom. The molecule has 1 rings (SSSR count). The van der Waals surface area contributed by atoms with Crippen molar-refractivity contribution in [2.45, 2.75) is 52.5 Å². The van der Waals surface area contributed by atoms with E-state index in [0.717, 1.165) is 24.6 Å². The van der Waals surface area contributed by atoms with Crippen molar-refractivity contribution in [2.75, 3.05) is 6.54 Å². The molecule has 92 valence electrons. The van der Waals surface area contributed by atoms with Crippen LogP contribution in [0.25, 0.3) is 0 Å². The third-order valence-corrected chi connectivity index (χ3v) is 2.86. The van der Waals surface area contributed by atoms with Gasteiger partial charge in [-0.1, -0.05) is 26.7 Å². The number of hydrogen-bond donors (Lipinski definition) is 1. The average molecular weight is 223 g/mol. The minimum Gasteiger partial charge on any atom is -0.469 e. The molecule has 0 saturated carbocycles. The molecular weight excluding hydrogens is 198 g/mol. The summed E-state index contributed by atoms with van der Waals surface area (Å²) in [5.41, 5.74) is 0. The quantitative estimate of drug-likeness (QED) is 0.728. The summed E-state index contributed by atoms with van der Waals surface area (Å²) in [6.07, 6.45) is 6.66. The summed E-state index contributed by atoms with van der Waals surface area (Å²) in [6, 6.07) is 4.60. The lowest BCUT2D eigenvalue weighted by molar-refractivity contribution is 0.445. The Morgan fingerprint density at radius 2 is 2.06 bits per heavy atom. The number of rotatable bonds is 8. The molecule has 0 bridgehead atoms. The molecule has 2 nitrogen and oxygen atoms in total. The summed E-state index contributed by atoms with van der Waals surface area (Å²) in [5, 5.41) is 3.53. The molecule has 0 saturated heterocycles. The van der Waals surface area contributed by atoms with Crippen LogP contribution in [0.4, 0.5) is 0 Å². The van der Waals surface area contributed by atoms with Crippen molar-refractivity contribution in [3.63, 3.8) is 0 Å². The number of furan rings is 1. The molecule has 0 aromatic carbocycles. The van der Waals surface area contributed by atoms with Crippen LogP contribution in [-0.2, 0) is 6.42 Å². The number of hydrogen-bond acceptors (Lipinski definition) is 2. The van der Waals surface area contributed by atoms with Gasteiger partial charge in [0, 0.05) is 19.0 Å². The van der Waals surface area contributed by atoms with Crippen molar-refractivity contribution in [3.8, 4) is 0 Å². The normalized spacial score (nSPS) is 13.2. The van der Waals surface area contributed by atoms with Crippen LogP contribution in [0.5, 0.6) is 0 Å². The van der Waals surface area contributed by atoms with E-state index in [1.165, 1.54) is 19.3 Å². The minimum absolute atomic E-state index is 0.619. The highest BCUT2D eigenvalue weighted by molar-refractivity contribution is 4.98. The predicted octanol–water partition coefficient (Wildman–Crippen LogP) is 3.63. The summed E-state index contributed by atoms with van der Waals surface area (Å²) >= 11 is 0. The van der Waals surface area contributed by atoms with Gasteiger partial charge in [0.05, 0.1) is 6.26 Å². The van der Waals surface area contributed by atoms with Gasteiger partial charge in [-0.05, 0) is 31.4 Å². The van der Waals surface area contributed by atoms with Gasteiger partial charge in [-0.3, -0.25) is 0 Å². The summed E-state index contributed by atoms with van der Waals surface area (Å²) in [6.45, 7) is 7.85. The molecule has 16 heavy (non-hydrogen) atoms. The van der Waals surface area contributed by atoms with Crippen LogP contribution >= 0.6 is 0 Å². The van der Waals surface area contributed by atoms with Gasteiger partial charge in [0.15, 0.2) is 0 Å². The molecule has 1 aromatic rings. The fourth-order valence-corrected chi connectivity index (χ4v) is 1.83. The molecule has 1 unspecified atom stereocenters. The Hall–Kier alpha value is -0.760. The van der Waals surface area contributed by atoms with Crippen LogP contribution in [-0.4, -0.2) is 12.6 Å². The molecule has 1 atom stereocenters. The molecule has 0 aliphatic rings. The van der Waals surface area contributed by atoms with E-state index in [1.54, 1.807) is 6.26 Å². The van der Waals surface area contributed by atoms with E-state index in [0.29, 0.717) is 6.04 Å². The first-order valence-corrected chi connectivity index (χ1v) is 6.44. The van der Waals surface area contributed by atoms with Crippen molar-refractivity contribution in [3.05, 3.63) is 24.2 Å². The standard InChI is InChI=1S/C14H25NO/c1-12(2)6-4-7-13(3)15-10-9-14-8-5-11-16-14/h5,8,11-13,15H,4,6-7,9-10H2,1-3H3. The fraction of sp³-hybridized carbons (Fsp3) is 0.714. The van der Waals surface area contributed by atoms with Gasteiger partial charge < -0.3 is 9.73 Å². The van der Waals surface area contributed by atoms with Crippen molar-refractivity contribution in [1.82, 2.24) is 5.32 Å². The van der Waals surface area contributed by atoms with E-state index in [2.05, 4.69) is 26.1 Å². The lowest BCUT2D eigenvalue weighted by atomic mass is 10.0. The molecule has 1 aromatic heterocycles. The summed E-state index contributed by atoms with van der Waals surface area (Å²) in [5.74, 6) is 1.90. The molecular formula is C14H25NO. The maximum Gasteiger partial charge on any atom is 0.105 e. The monoisotopic (exact) mass is 223 g/mol. The fourth-order valence-electron chi connectivity index (χ4n) is 1.83. The van der Waals surface area contributed by atoms with E-state index < -0.39 is 0 Å². The van der Waals surface area contributed by atoms with Gasteiger partial charge in [0.1, 0.15) is 5.76 Å². The van der Waals surface area contributed by atoms with Crippen LogP contribution in [0.2, 0.25) is 0 Å². The zero-order valence-corrected chi connectivity index (χ0v) is 10.8.